The topological polar surface area (TPSA) is 75.7 Å². The lowest BCUT2D eigenvalue weighted by Crippen LogP contribution is -2.37. The second-order valence-corrected chi connectivity index (χ2v) is 9.45. The summed E-state index contributed by atoms with van der Waals surface area (Å²) >= 11 is 11.9. The number of carbonyl (C=O) groups excluding carboxylic acids is 1. The second-order valence-electron chi connectivity index (χ2n) is 6.64. The monoisotopic (exact) mass is 478 g/mol. The Bertz CT molecular complexity index is 1170. The predicted octanol–water partition coefficient (Wildman–Crippen LogP) is 4.83. The first-order valence-electron chi connectivity index (χ1n) is 9.22. The van der Waals surface area contributed by atoms with Crippen LogP contribution in [-0.4, -0.2) is 32.3 Å². The maximum Gasteiger partial charge on any atom is 0.243 e. The summed E-state index contributed by atoms with van der Waals surface area (Å²) in [5.74, 6) is 0.0789. The highest BCUT2D eigenvalue weighted by atomic mass is 35.5. The molecule has 0 unspecified atom stereocenters. The largest absolute Gasteiger partial charge is 0.497 e. The van der Waals surface area contributed by atoms with Crippen LogP contribution in [0.3, 0.4) is 0 Å². The molecular formula is C22H20Cl2N2O4S. The molecular weight excluding hydrogens is 459 g/mol. The van der Waals surface area contributed by atoms with Gasteiger partial charge in [-0.1, -0.05) is 41.4 Å². The number of nitrogens with zero attached hydrogens (tertiary/aromatic N) is 1. The third kappa shape index (κ3) is 6.21. The van der Waals surface area contributed by atoms with Crippen molar-refractivity contribution >= 4 is 44.8 Å². The maximum atomic E-state index is 13.3. The van der Waals surface area contributed by atoms with Crippen LogP contribution in [0.25, 0.3) is 0 Å². The first-order chi connectivity index (χ1) is 14.8. The molecule has 0 saturated heterocycles. The molecule has 0 aliphatic rings. The number of carbonyl (C=O) groups is 1. The molecule has 31 heavy (non-hydrogen) atoms. The summed E-state index contributed by atoms with van der Waals surface area (Å²) < 4.78 is 32.8. The van der Waals surface area contributed by atoms with Gasteiger partial charge in [0.15, 0.2) is 0 Å². The summed E-state index contributed by atoms with van der Waals surface area (Å²) in [4.78, 5) is 12.7. The number of ether oxygens (including phenoxy) is 1. The number of sulfonamides is 1. The average molecular weight is 479 g/mol. The third-order valence-corrected chi connectivity index (χ3v) is 6.67. The van der Waals surface area contributed by atoms with E-state index in [4.69, 9.17) is 27.9 Å². The van der Waals surface area contributed by atoms with Gasteiger partial charge >= 0.3 is 0 Å². The molecule has 0 bridgehead atoms. The minimum absolute atomic E-state index is 0.0307. The van der Waals surface area contributed by atoms with Crippen LogP contribution in [0.5, 0.6) is 5.75 Å². The molecule has 0 aliphatic heterocycles. The van der Waals surface area contributed by atoms with Gasteiger partial charge < -0.3 is 10.1 Å². The fraction of sp³-hybridized carbons (Fsp3) is 0.136. The van der Waals surface area contributed by atoms with Gasteiger partial charge in [0.2, 0.25) is 15.9 Å². The molecule has 0 heterocycles. The van der Waals surface area contributed by atoms with Crippen molar-refractivity contribution in [3.63, 3.8) is 0 Å². The fourth-order valence-corrected chi connectivity index (χ4v) is 4.61. The molecule has 0 aromatic heterocycles. The molecule has 3 aromatic carbocycles. The van der Waals surface area contributed by atoms with E-state index in [1.165, 1.54) is 31.4 Å². The first-order valence-corrected chi connectivity index (χ1v) is 11.4. The van der Waals surface area contributed by atoms with Crippen LogP contribution in [0.1, 0.15) is 5.56 Å². The number of amides is 1. The number of hydrogen-bond acceptors (Lipinski definition) is 4. The summed E-state index contributed by atoms with van der Waals surface area (Å²) in [5, 5.41) is 3.59. The molecule has 6 nitrogen and oxygen atoms in total. The predicted molar refractivity (Wildman–Crippen MR) is 122 cm³/mol. The molecule has 1 amide bonds. The summed E-state index contributed by atoms with van der Waals surface area (Å²) in [5.41, 5.74) is 1.15. The van der Waals surface area contributed by atoms with Gasteiger partial charge in [0.05, 0.1) is 18.6 Å². The Morgan fingerprint density at radius 3 is 2.35 bits per heavy atom. The lowest BCUT2D eigenvalue weighted by Gasteiger charge is -2.22. The van der Waals surface area contributed by atoms with Crippen LogP contribution in [0.15, 0.2) is 77.7 Å². The van der Waals surface area contributed by atoms with E-state index in [1.807, 2.05) is 0 Å². The Labute approximate surface area is 191 Å². The summed E-state index contributed by atoms with van der Waals surface area (Å²) in [6.45, 7) is -0.425. The van der Waals surface area contributed by atoms with Crippen LogP contribution in [0, 0.1) is 0 Å². The van der Waals surface area contributed by atoms with E-state index in [1.54, 1.807) is 48.5 Å². The van der Waals surface area contributed by atoms with E-state index in [0.29, 0.717) is 27.0 Å². The number of methoxy groups -OCH3 is 1. The van der Waals surface area contributed by atoms with Gasteiger partial charge in [0.25, 0.3) is 0 Å². The van der Waals surface area contributed by atoms with Crippen LogP contribution < -0.4 is 10.1 Å². The molecule has 1 N–H and O–H groups in total. The second kappa shape index (κ2) is 10.2. The van der Waals surface area contributed by atoms with Crippen LogP contribution in [-0.2, 0) is 21.4 Å². The minimum atomic E-state index is -3.98. The van der Waals surface area contributed by atoms with E-state index in [2.05, 4.69) is 5.32 Å². The fourth-order valence-electron chi connectivity index (χ4n) is 2.88. The van der Waals surface area contributed by atoms with Crippen LogP contribution in [0.2, 0.25) is 10.0 Å². The van der Waals surface area contributed by atoms with Gasteiger partial charge in [-0.3, -0.25) is 4.79 Å². The molecule has 3 rings (SSSR count). The van der Waals surface area contributed by atoms with E-state index >= 15 is 0 Å². The lowest BCUT2D eigenvalue weighted by molar-refractivity contribution is -0.116. The van der Waals surface area contributed by atoms with Crippen molar-refractivity contribution in [2.45, 2.75) is 11.4 Å². The van der Waals surface area contributed by atoms with Gasteiger partial charge in [0, 0.05) is 28.3 Å². The van der Waals surface area contributed by atoms with Gasteiger partial charge in [-0.2, -0.15) is 4.31 Å². The Balaban J connectivity index is 1.87. The molecule has 0 fully saturated rings. The maximum absolute atomic E-state index is 13.3. The Kier molecular flexibility index (Phi) is 7.56. The Morgan fingerprint density at radius 1 is 0.968 bits per heavy atom. The van der Waals surface area contributed by atoms with Gasteiger partial charge in [0.1, 0.15) is 5.75 Å². The number of anilines is 1. The molecule has 0 saturated carbocycles. The molecule has 9 heteroatoms. The van der Waals surface area contributed by atoms with Crippen molar-refractivity contribution in [2.24, 2.45) is 0 Å². The average Bonchev–Trinajstić information content (AvgIpc) is 2.73. The standard InChI is InChI=1S/C22H20Cl2N2O4S/c1-30-20-7-3-6-19(13-20)25-22(27)15-26(14-16-4-2-5-18(24)12-16)31(28,29)21-10-8-17(23)9-11-21/h2-13H,14-15H2,1H3,(H,25,27). The molecule has 3 aromatic rings. The minimum Gasteiger partial charge on any atom is -0.497 e. The molecule has 0 radical (unpaired) electrons. The van der Waals surface area contributed by atoms with Crippen molar-refractivity contribution in [2.75, 3.05) is 19.0 Å². The number of hydrogen-bond donors (Lipinski definition) is 1. The van der Waals surface area contributed by atoms with Crippen molar-refractivity contribution in [3.8, 4) is 5.75 Å². The van der Waals surface area contributed by atoms with Crippen LogP contribution >= 0.6 is 23.2 Å². The van der Waals surface area contributed by atoms with E-state index in [9.17, 15) is 13.2 Å². The highest BCUT2D eigenvalue weighted by molar-refractivity contribution is 7.89. The molecule has 0 aliphatic carbocycles. The highest BCUT2D eigenvalue weighted by Gasteiger charge is 2.27. The van der Waals surface area contributed by atoms with E-state index in [0.717, 1.165) is 4.31 Å². The van der Waals surface area contributed by atoms with Crippen molar-refractivity contribution < 1.29 is 17.9 Å². The number of nitrogens with one attached hydrogen (secondary N) is 1. The van der Waals surface area contributed by atoms with Gasteiger partial charge in [-0.05, 0) is 54.1 Å². The quantitative estimate of drug-likeness (QED) is 0.502. The SMILES string of the molecule is COc1cccc(NC(=O)CN(Cc2cccc(Cl)c2)S(=O)(=O)c2ccc(Cl)cc2)c1. The van der Waals surface area contributed by atoms with Crippen LogP contribution in [0.4, 0.5) is 5.69 Å². The van der Waals surface area contributed by atoms with E-state index < -0.39 is 22.5 Å². The summed E-state index contributed by atoms with van der Waals surface area (Å²) in [6, 6.07) is 19.4. The number of halogens is 2. The first kappa shape index (κ1) is 23.1. The molecule has 0 atom stereocenters. The number of benzene rings is 3. The van der Waals surface area contributed by atoms with Crippen molar-refractivity contribution in [3.05, 3.63) is 88.4 Å². The molecule has 162 valence electrons. The van der Waals surface area contributed by atoms with Gasteiger partial charge in [-0.15, -0.1) is 0 Å². The zero-order valence-corrected chi connectivity index (χ0v) is 18.9. The van der Waals surface area contributed by atoms with Crippen molar-refractivity contribution in [1.82, 2.24) is 4.31 Å². The zero-order valence-electron chi connectivity index (χ0n) is 16.6. The highest BCUT2D eigenvalue weighted by Crippen LogP contribution is 2.22. The summed E-state index contributed by atoms with van der Waals surface area (Å²) in [7, 11) is -2.46. The van der Waals surface area contributed by atoms with Crippen molar-refractivity contribution in [1.29, 1.82) is 0 Å². The normalized spacial score (nSPS) is 11.4. The smallest absolute Gasteiger partial charge is 0.243 e. The van der Waals surface area contributed by atoms with E-state index in [-0.39, 0.29) is 11.4 Å². The molecule has 0 spiro atoms. The number of rotatable bonds is 8. The Morgan fingerprint density at radius 2 is 1.68 bits per heavy atom. The Hall–Kier alpha value is -2.58. The summed E-state index contributed by atoms with van der Waals surface area (Å²) in [6.07, 6.45) is 0. The zero-order chi connectivity index (χ0) is 22.4. The van der Waals surface area contributed by atoms with Gasteiger partial charge in [-0.25, -0.2) is 8.42 Å². The lowest BCUT2D eigenvalue weighted by atomic mass is 10.2. The third-order valence-electron chi connectivity index (χ3n) is 4.37.